The van der Waals surface area contributed by atoms with Gasteiger partial charge in [-0.25, -0.2) is 0 Å². The minimum atomic E-state index is 0.0966. The highest BCUT2D eigenvalue weighted by Crippen LogP contribution is 2.25. The number of amides is 1. The maximum atomic E-state index is 12.3. The standard InChI is InChI=1S/C20H19NO2/c1-2-12-21-13-11-17(20(21)22)14-16-7-6-10-19(15-16)23-18-8-4-3-5-9-18/h2-10,14-15H,1,11-13H2/b17-14+. The first-order valence-corrected chi connectivity index (χ1v) is 7.70. The summed E-state index contributed by atoms with van der Waals surface area (Å²) in [4.78, 5) is 14.1. The zero-order chi connectivity index (χ0) is 16.1. The number of hydrogen-bond donors (Lipinski definition) is 0. The van der Waals surface area contributed by atoms with Crippen molar-refractivity contribution in [1.82, 2.24) is 4.90 Å². The maximum absolute atomic E-state index is 12.3. The van der Waals surface area contributed by atoms with Crippen molar-refractivity contribution >= 4 is 12.0 Å². The van der Waals surface area contributed by atoms with Crippen LogP contribution >= 0.6 is 0 Å². The monoisotopic (exact) mass is 305 g/mol. The molecule has 0 spiro atoms. The summed E-state index contributed by atoms with van der Waals surface area (Å²) < 4.78 is 5.83. The second-order valence-corrected chi connectivity index (χ2v) is 5.45. The number of carbonyl (C=O) groups excluding carboxylic acids is 1. The number of para-hydroxylation sites is 1. The molecule has 2 aromatic carbocycles. The lowest BCUT2D eigenvalue weighted by Crippen LogP contribution is -2.24. The molecule has 3 heteroatoms. The molecule has 1 amide bonds. The zero-order valence-corrected chi connectivity index (χ0v) is 12.9. The SMILES string of the molecule is C=CCN1CC/C(=C\c2cccc(Oc3ccccc3)c2)C1=O. The highest BCUT2D eigenvalue weighted by Gasteiger charge is 2.24. The lowest BCUT2D eigenvalue weighted by atomic mass is 10.1. The van der Waals surface area contributed by atoms with Crippen LogP contribution < -0.4 is 4.74 Å². The number of rotatable bonds is 5. The van der Waals surface area contributed by atoms with Crippen LogP contribution in [0.5, 0.6) is 11.5 Å². The summed E-state index contributed by atoms with van der Waals surface area (Å²) >= 11 is 0. The first-order chi connectivity index (χ1) is 11.3. The Kier molecular flexibility index (Phi) is 4.57. The van der Waals surface area contributed by atoms with E-state index in [0.29, 0.717) is 6.54 Å². The summed E-state index contributed by atoms with van der Waals surface area (Å²) in [6.07, 6.45) is 4.48. The number of benzene rings is 2. The summed E-state index contributed by atoms with van der Waals surface area (Å²) in [6.45, 7) is 5.05. The summed E-state index contributed by atoms with van der Waals surface area (Å²) in [5.74, 6) is 1.66. The van der Waals surface area contributed by atoms with Crippen LogP contribution in [0.3, 0.4) is 0 Å². The third kappa shape index (κ3) is 3.69. The van der Waals surface area contributed by atoms with Gasteiger partial charge in [-0.15, -0.1) is 6.58 Å². The molecule has 1 saturated heterocycles. The van der Waals surface area contributed by atoms with Gasteiger partial charge in [0.15, 0.2) is 0 Å². The van der Waals surface area contributed by atoms with E-state index in [1.54, 1.807) is 6.08 Å². The van der Waals surface area contributed by atoms with Crippen LogP contribution in [0.25, 0.3) is 6.08 Å². The van der Waals surface area contributed by atoms with E-state index in [2.05, 4.69) is 6.58 Å². The third-order valence-corrected chi connectivity index (χ3v) is 3.74. The van der Waals surface area contributed by atoms with Gasteiger partial charge in [0, 0.05) is 18.7 Å². The molecule has 0 atom stereocenters. The topological polar surface area (TPSA) is 29.5 Å². The van der Waals surface area contributed by atoms with Gasteiger partial charge in [0.1, 0.15) is 11.5 Å². The van der Waals surface area contributed by atoms with Gasteiger partial charge >= 0.3 is 0 Å². The summed E-state index contributed by atoms with van der Waals surface area (Å²) in [5, 5.41) is 0. The zero-order valence-electron chi connectivity index (χ0n) is 12.9. The second kappa shape index (κ2) is 6.97. The van der Waals surface area contributed by atoms with Gasteiger partial charge < -0.3 is 9.64 Å². The largest absolute Gasteiger partial charge is 0.457 e. The Morgan fingerprint density at radius 2 is 1.87 bits per heavy atom. The van der Waals surface area contributed by atoms with Crippen molar-refractivity contribution in [3.8, 4) is 11.5 Å². The molecule has 1 aliphatic rings. The lowest BCUT2D eigenvalue weighted by Gasteiger charge is -2.11. The highest BCUT2D eigenvalue weighted by molar-refractivity contribution is 6.00. The molecule has 0 radical (unpaired) electrons. The van der Waals surface area contributed by atoms with Gasteiger partial charge in [0.05, 0.1) is 0 Å². The van der Waals surface area contributed by atoms with Gasteiger partial charge in [0.25, 0.3) is 0 Å². The minimum absolute atomic E-state index is 0.0966. The van der Waals surface area contributed by atoms with Crippen LogP contribution in [-0.2, 0) is 4.79 Å². The molecule has 0 unspecified atom stereocenters. The first kappa shape index (κ1) is 15.1. The lowest BCUT2D eigenvalue weighted by molar-refractivity contribution is -0.124. The Balaban J connectivity index is 1.77. The molecule has 3 rings (SSSR count). The van der Waals surface area contributed by atoms with E-state index in [1.807, 2.05) is 65.6 Å². The molecule has 0 N–H and O–H groups in total. The molecule has 0 aromatic heterocycles. The molecular formula is C20H19NO2. The number of hydrogen-bond acceptors (Lipinski definition) is 2. The van der Waals surface area contributed by atoms with Crippen LogP contribution in [0.15, 0.2) is 72.8 Å². The highest BCUT2D eigenvalue weighted by atomic mass is 16.5. The predicted molar refractivity (Wildman–Crippen MR) is 92.3 cm³/mol. The maximum Gasteiger partial charge on any atom is 0.250 e. The Morgan fingerprint density at radius 3 is 2.65 bits per heavy atom. The number of nitrogens with zero attached hydrogens (tertiary/aromatic N) is 1. The van der Waals surface area contributed by atoms with Crippen LogP contribution in [0, 0.1) is 0 Å². The fourth-order valence-electron chi connectivity index (χ4n) is 2.62. The van der Waals surface area contributed by atoms with Crippen LogP contribution in [0.2, 0.25) is 0 Å². The van der Waals surface area contributed by atoms with Crippen LogP contribution in [-0.4, -0.2) is 23.9 Å². The average Bonchev–Trinajstić information content (AvgIpc) is 2.90. The van der Waals surface area contributed by atoms with Crippen LogP contribution in [0.4, 0.5) is 0 Å². The van der Waals surface area contributed by atoms with E-state index in [0.717, 1.165) is 35.6 Å². The summed E-state index contributed by atoms with van der Waals surface area (Å²) in [5.41, 5.74) is 1.81. The number of likely N-dealkylation sites (tertiary alicyclic amines) is 1. The minimum Gasteiger partial charge on any atom is -0.457 e. The van der Waals surface area contributed by atoms with Gasteiger partial charge in [-0.05, 0) is 42.3 Å². The molecule has 3 nitrogen and oxygen atoms in total. The summed E-state index contributed by atoms with van der Waals surface area (Å²) in [6, 6.07) is 17.4. The van der Waals surface area contributed by atoms with Crippen molar-refractivity contribution in [1.29, 1.82) is 0 Å². The molecule has 1 fully saturated rings. The number of ether oxygens (including phenoxy) is 1. The molecular weight excluding hydrogens is 286 g/mol. The van der Waals surface area contributed by atoms with Gasteiger partial charge in [-0.2, -0.15) is 0 Å². The molecule has 0 saturated carbocycles. The van der Waals surface area contributed by atoms with E-state index < -0.39 is 0 Å². The molecule has 1 aliphatic heterocycles. The Bertz CT molecular complexity index is 734. The van der Waals surface area contributed by atoms with E-state index >= 15 is 0 Å². The molecule has 0 bridgehead atoms. The molecule has 116 valence electrons. The first-order valence-electron chi connectivity index (χ1n) is 7.70. The third-order valence-electron chi connectivity index (χ3n) is 3.74. The van der Waals surface area contributed by atoms with Crippen molar-refractivity contribution < 1.29 is 9.53 Å². The van der Waals surface area contributed by atoms with Gasteiger partial charge in [-0.1, -0.05) is 36.4 Å². The normalized spacial score (nSPS) is 15.9. The quantitative estimate of drug-likeness (QED) is 0.609. The van der Waals surface area contributed by atoms with E-state index in [-0.39, 0.29) is 5.91 Å². The van der Waals surface area contributed by atoms with Crippen LogP contribution in [0.1, 0.15) is 12.0 Å². The average molecular weight is 305 g/mol. The molecule has 2 aromatic rings. The van der Waals surface area contributed by atoms with Crippen molar-refractivity contribution in [3.05, 3.63) is 78.4 Å². The second-order valence-electron chi connectivity index (χ2n) is 5.45. The molecule has 1 heterocycles. The Morgan fingerprint density at radius 1 is 1.09 bits per heavy atom. The van der Waals surface area contributed by atoms with E-state index in [1.165, 1.54) is 0 Å². The smallest absolute Gasteiger partial charge is 0.250 e. The Labute approximate surface area is 136 Å². The predicted octanol–water partition coefficient (Wildman–Crippen LogP) is 4.28. The molecule has 23 heavy (non-hydrogen) atoms. The number of carbonyl (C=O) groups is 1. The van der Waals surface area contributed by atoms with Gasteiger partial charge in [-0.3, -0.25) is 4.79 Å². The molecule has 0 aliphatic carbocycles. The van der Waals surface area contributed by atoms with E-state index in [9.17, 15) is 4.79 Å². The van der Waals surface area contributed by atoms with Gasteiger partial charge in [0.2, 0.25) is 5.91 Å². The fourth-order valence-corrected chi connectivity index (χ4v) is 2.62. The van der Waals surface area contributed by atoms with Crippen molar-refractivity contribution in [3.63, 3.8) is 0 Å². The van der Waals surface area contributed by atoms with Crippen molar-refractivity contribution in [2.45, 2.75) is 6.42 Å². The van der Waals surface area contributed by atoms with Crippen molar-refractivity contribution in [2.24, 2.45) is 0 Å². The fraction of sp³-hybridized carbons (Fsp3) is 0.150. The summed E-state index contributed by atoms with van der Waals surface area (Å²) in [7, 11) is 0. The Hall–Kier alpha value is -2.81. The van der Waals surface area contributed by atoms with E-state index in [4.69, 9.17) is 4.74 Å². The van der Waals surface area contributed by atoms with Crippen molar-refractivity contribution in [2.75, 3.05) is 13.1 Å².